The van der Waals surface area contributed by atoms with Crippen LogP contribution in [0.4, 0.5) is 0 Å². The summed E-state index contributed by atoms with van der Waals surface area (Å²) in [7, 11) is 0. The van der Waals surface area contributed by atoms with Crippen molar-refractivity contribution in [3.8, 4) is 5.75 Å². The molecule has 1 heterocycles. The van der Waals surface area contributed by atoms with Gasteiger partial charge in [-0.25, -0.2) is 0 Å². The quantitative estimate of drug-likeness (QED) is 0.868. The molecule has 1 unspecified atom stereocenters. The first kappa shape index (κ1) is 15.3. The first-order chi connectivity index (χ1) is 9.52. The fraction of sp³-hybridized carbons (Fsp3) is 0.647. The Morgan fingerprint density at radius 2 is 2.00 bits per heavy atom. The zero-order valence-corrected chi connectivity index (χ0v) is 13.2. The number of hydrogen-bond acceptors (Lipinski definition) is 3. The molecule has 0 saturated heterocycles. The van der Waals surface area contributed by atoms with Crippen LogP contribution in [-0.2, 0) is 6.42 Å². The van der Waals surface area contributed by atoms with Crippen molar-refractivity contribution in [3.05, 3.63) is 29.3 Å². The Morgan fingerprint density at radius 1 is 1.25 bits per heavy atom. The maximum atomic E-state index is 6.09. The van der Waals surface area contributed by atoms with Gasteiger partial charge in [0.1, 0.15) is 5.75 Å². The Labute approximate surface area is 123 Å². The van der Waals surface area contributed by atoms with Crippen LogP contribution in [0.5, 0.6) is 5.75 Å². The molecule has 0 spiro atoms. The molecule has 0 saturated carbocycles. The van der Waals surface area contributed by atoms with Crippen LogP contribution in [0, 0.1) is 5.92 Å². The lowest BCUT2D eigenvalue weighted by atomic mass is 9.99. The molecule has 1 aromatic rings. The lowest BCUT2D eigenvalue weighted by Crippen LogP contribution is -2.40. The minimum absolute atomic E-state index is 0.295. The molecule has 2 N–H and O–H groups in total. The molecule has 0 amide bonds. The second kappa shape index (κ2) is 6.59. The van der Waals surface area contributed by atoms with Crippen molar-refractivity contribution in [2.75, 3.05) is 19.7 Å². The molecule has 0 radical (unpaired) electrons. The minimum Gasteiger partial charge on any atom is -0.493 e. The van der Waals surface area contributed by atoms with Crippen molar-refractivity contribution in [2.24, 2.45) is 11.7 Å². The van der Waals surface area contributed by atoms with Crippen LogP contribution in [0.3, 0.4) is 0 Å². The SMILES string of the molecule is CC(C)CN(C(C)C)C(CN)c1ccc2c(c1)CCO2. The van der Waals surface area contributed by atoms with E-state index in [2.05, 4.69) is 50.8 Å². The van der Waals surface area contributed by atoms with Gasteiger partial charge in [0, 0.05) is 31.6 Å². The summed E-state index contributed by atoms with van der Waals surface area (Å²) in [6, 6.07) is 7.36. The summed E-state index contributed by atoms with van der Waals surface area (Å²) < 4.78 is 5.59. The molecule has 1 aliphatic heterocycles. The predicted octanol–water partition coefficient (Wildman–Crippen LogP) is 2.99. The van der Waals surface area contributed by atoms with Crippen LogP contribution >= 0.6 is 0 Å². The molecule has 0 aromatic heterocycles. The maximum Gasteiger partial charge on any atom is 0.122 e. The van der Waals surface area contributed by atoms with Gasteiger partial charge < -0.3 is 10.5 Å². The first-order valence-electron chi connectivity index (χ1n) is 7.74. The van der Waals surface area contributed by atoms with E-state index in [1.54, 1.807) is 0 Å². The fourth-order valence-corrected chi connectivity index (χ4v) is 3.00. The second-order valence-corrected chi connectivity index (χ2v) is 6.40. The molecule has 1 aliphatic rings. The molecule has 3 nitrogen and oxygen atoms in total. The topological polar surface area (TPSA) is 38.5 Å². The summed E-state index contributed by atoms with van der Waals surface area (Å²) in [5, 5.41) is 0. The standard InChI is InChI=1S/C17H28N2O/c1-12(2)11-19(13(3)4)16(10-18)14-5-6-17-15(9-14)7-8-20-17/h5-6,9,12-13,16H,7-8,10-11,18H2,1-4H3. The largest absolute Gasteiger partial charge is 0.493 e. The van der Waals surface area contributed by atoms with E-state index in [0.29, 0.717) is 24.5 Å². The highest BCUT2D eigenvalue weighted by atomic mass is 16.5. The third-order valence-corrected chi connectivity index (χ3v) is 3.96. The lowest BCUT2D eigenvalue weighted by molar-refractivity contribution is 0.138. The number of ether oxygens (including phenoxy) is 1. The fourth-order valence-electron chi connectivity index (χ4n) is 3.00. The van der Waals surface area contributed by atoms with Crippen LogP contribution in [0.25, 0.3) is 0 Å². The lowest BCUT2D eigenvalue weighted by Gasteiger charge is -2.36. The Hall–Kier alpha value is -1.06. The van der Waals surface area contributed by atoms with E-state index < -0.39 is 0 Å². The Morgan fingerprint density at radius 3 is 2.60 bits per heavy atom. The number of rotatable bonds is 6. The summed E-state index contributed by atoms with van der Waals surface area (Å²) in [4.78, 5) is 2.52. The van der Waals surface area contributed by atoms with Gasteiger partial charge in [-0.15, -0.1) is 0 Å². The molecule has 0 aliphatic carbocycles. The molecular formula is C17H28N2O. The molecule has 2 rings (SSSR count). The van der Waals surface area contributed by atoms with Gasteiger partial charge in [-0.05, 0) is 37.0 Å². The van der Waals surface area contributed by atoms with E-state index in [0.717, 1.165) is 25.3 Å². The van der Waals surface area contributed by atoms with Gasteiger partial charge in [0.25, 0.3) is 0 Å². The van der Waals surface area contributed by atoms with Crippen molar-refractivity contribution in [1.29, 1.82) is 0 Å². The van der Waals surface area contributed by atoms with E-state index >= 15 is 0 Å². The highest BCUT2D eigenvalue weighted by Crippen LogP contribution is 2.31. The van der Waals surface area contributed by atoms with E-state index in [9.17, 15) is 0 Å². The van der Waals surface area contributed by atoms with Crippen LogP contribution < -0.4 is 10.5 Å². The maximum absolute atomic E-state index is 6.09. The molecule has 1 atom stereocenters. The Bertz CT molecular complexity index is 443. The molecule has 0 fully saturated rings. The van der Waals surface area contributed by atoms with E-state index in [1.165, 1.54) is 11.1 Å². The van der Waals surface area contributed by atoms with Crippen LogP contribution in [0.1, 0.15) is 44.9 Å². The number of hydrogen-bond donors (Lipinski definition) is 1. The zero-order valence-electron chi connectivity index (χ0n) is 13.2. The molecule has 0 bridgehead atoms. The summed E-state index contributed by atoms with van der Waals surface area (Å²) >= 11 is 0. The van der Waals surface area contributed by atoms with Crippen molar-refractivity contribution < 1.29 is 4.74 Å². The highest BCUT2D eigenvalue weighted by molar-refractivity contribution is 5.41. The number of benzene rings is 1. The zero-order chi connectivity index (χ0) is 14.7. The third kappa shape index (κ3) is 3.33. The summed E-state index contributed by atoms with van der Waals surface area (Å²) in [5.74, 6) is 1.69. The van der Waals surface area contributed by atoms with Gasteiger partial charge in [0.15, 0.2) is 0 Å². The van der Waals surface area contributed by atoms with Crippen LogP contribution in [0.15, 0.2) is 18.2 Å². The van der Waals surface area contributed by atoms with E-state index in [1.807, 2.05) is 0 Å². The van der Waals surface area contributed by atoms with Crippen molar-refractivity contribution >= 4 is 0 Å². The van der Waals surface area contributed by atoms with Gasteiger partial charge in [-0.2, -0.15) is 0 Å². The minimum atomic E-state index is 0.295. The van der Waals surface area contributed by atoms with Gasteiger partial charge in [-0.3, -0.25) is 4.90 Å². The van der Waals surface area contributed by atoms with Gasteiger partial charge in [0.05, 0.1) is 6.61 Å². The third-order valence-electron chi connectivity index (χ3n) is 3.96. The summed E-state index contributed by atoms with van der Waals surface area (Å²) in [5.41, 5.74) is 8.74. The monoisotopic (exact) mass is 276 g/mol. The molecule has 1 aromatic carbocycles. The Kier molecular flexibility index (Phi) is 5.06. The molecule has 112 valence electrons. The highest BCUT2D eigenvalue weighted by Gasteiger charge is 2.24. The molecule has 20 heavy (non-hydrogen) atoms. The van der Waals surface area contributed by atoms with E-state index in [-0.39, 0.29) is 0 Å². The molecular weight excluding hydrogens is 248 g/mol. The molecule has 3 heteroatoms. The number of nitrogens with zero attached hydrogens (tertiary/aromatic N) is 1. The van der Waals surface area contributed by atoms with Crippen molar-refractivity contribution in [2.45, 2.75) is 46.2 Å². The van der Waals surface area contributed by atoms with Gasteiger partial charge in [-0.1, -0.05) is 26.0 Å². The van der Waals surface area contributed by atoms with Crippen molar-refractivity contribution in [3.63, 3.8) is 0 Å². The second-order valence-electron chi connectivity index (χ2n) is 6.40. The van der Waals surface area contributed by atoms with E-state index in [4.69, 9.17) is 10.5 Å². The normalized spacial score (nSPS) is 15.8. The average Bonchev–Trinajstić information content (AvgIpc) is 2.85. The number of fused-ring (bicyclic) bond motifs is 1. The van der Waals surface area contributed by atoms with Crippen molar-refractivity contribution in [1.82, 2.24) is 4.90 Å². The predicted molar refractivity (Wildman–Crippen MR) is 84.1 cm³/mol. The van der Waals surface area contributed by atoms with Crippen LogP contribution in [-0.4, -0.2) is 30.6 Å². The first-order valence-corrected chi connectivity index (χ1v) is 7.74. The van der Waals surface area contributed by atoms with Gasteiger partial charge >= 0.3 is 0 Å². The summed E-state index contributed by atoms with van der Waals surface area (Å²) in [6.07, 6.45) is 1.02. The Balaban J connectivity index is 2.25. The average molecular weight is 276 g/mol. The van der Waals surface area contributed by atoms with Gasteiger partial charge in [0.2, 0.25) is 0 Å². The number of nitrogens with two attached hydrogens (primary N) is 1. The smallest absolute Gasteiger partial charge is 0.122 e. The summed E-state index contributed by atoms with van der Waals surface area (Å²) in [6.45, 7) is 11.6. The van der Waals surface area contributed by atoms with Crippen LogP contribution in [0.2, 0.25) is 0 Å².